The van der Waals surface area contributed by atoms with Crippen molar-refractivity contribution in [3.8, 4) is 0 Å². The first-order valence-electron chi connectivity index (χ1n) is 6.41. The van der Waals surface area contributed by atoms with Crippen molar-refractivity contribution in [1.82, 2.24) is 9.21 Å². The number of alkyl halides is 1. The summed E-state index contributed by atoms with van der Waals surface area (Å²) >= 11 is 11.8. The second-order valence-electron chi connectivity index (χ2n) is 5.11. The number of hydrogen-bond acceptors (Lipinski definition) is 3. The van der Waals surface area contributed by atoms with Crippen LogP contribution in [-0.2, 0) is 15.9 Å². The molecule has 0 bridgehead atoms. The molecule has 1 aromatic rings. The van der Waals surface area contributed by atoms with Crippen LogP contribution >= 0.6 is 23.2 Å². The summed E-state index contributed by atoms with van der Waals surface area (Å²) in [5.74, 6) is 0.195. The highest BCUT2D eigenvalue weighted by atomic mass is 35.5. The molecule has 1 aromatic carbocycles. The minimum absolute atomic E-state index is 0.0473. The van der Waals surface area contributed by atoms with E-state index in [1.54, 1.807) is 22.5 Å². The molecular formula is C13H18Cl2N2O2S. The van der Waals surface area contributed by atoms with Crippen molar-refractivity contribution in [1.29, 1.82) is 0 Å². The molecular weight excluding hydrogens is 319 g/mol. The fourth-order valence-corrected chi connectivity index (χ4v) is 4.57. The van der Waals surface area contributed by atoms with Crippen LogP contribution in [0.1, 0.15) is 12.5 Å². The maximum atomic E-state index is 12.7. The van der Waals surface area contributed by atoms with Gasteiger partial charge >= 0.3 is 0 Å². The Balaban J connectivity index is 2.35. The van der Waals surface area contributed by atoms with E-state index in [0.717, 1.165) is 13.1 Å². The standard InChI is InChI=1S/C13H18Cl2N2O2S/c1-10-9-16(2)5-6-17(10)20(18,19)12-3-4-13(15)11(7-12)8-14/h3-4,7,10H,5-6,8-9H2,1-2H3. The zero-order chi connectivity index (χ0) is 14.9. The first kappa shape index (κ1) is 16.0. The molecule has 0 spiro atoms. The largest absolute Gasteiger partial charge is 0.303 e. The third-order valence-electron chi connectivity index (χ3n) is 3.54. The number of rotatable bonds is 3. The van der Waals surface area contributed by atoms with Gasteiger partial charge in [-0.25, -0.2) is 8.42 Å². The molecule has 1 atom stereocenters. The van der Waals surface area contributed by atoms with Gasteiger partial charge in [0.25, 0.3) is 0 Å². The van der Waals surface area contributed by atoms with E-state index >= 15 is 0 Å². The predicted octanol–water partition coefficient (Wildman–Crippen LogP) is 2.40. The molecule has 1 aliphatic rings. The number of sulfonamides is 1. The van der Waals surface area contributed by atoms with Gasteiger partial charge in [0.05, 0.1) is 4.90 Å². The van der Waals surface area contributed by atoms with Gasteiger partial charge in [-0.3, -0.25) is 0 Å². The molecule has 0 aromatic heterocycles. The summed E-state index contributed by atoms with van der Waals surface area (Å²) in [5.41, 5.74) is 0.635. The van der Waals surface area contributed by atoms with Crippen molar-refractivity contribution < 1.29 is 8.42 Å². The van der Waals surface area contributed by atoms with Gasteiger partial charge < -0.3 is 4.90 Å². The van der Waals surface area contributed by atoms with Crippen LogP contribution in [0.2, 0.25) is 5.02 Å². The molecule has 0 aliphatic carbocycles. The van der Waals surface area contributed by atoms with Gasteiger partial charge in [-0.05, 0) is 37.7 Å². The highest BCUT2D eigenvalue weighted by Crippen LogP contribution is 2.26. The van der Waals surface area contributed by atoms with Crippen molar-refractivity contribution in [3.63, 3.8) is 0 Å². The van der Waals surface area contributed by atoms with Gasteiger partial charge in [0.2, 0.25) is 10.0 Å². The maximum absolute atomic E-state index is 12.7. The summed E-state index contributed by atoms with van der Waals surface area (Å²) in [7, 11) is -1.50. The lowest BCUT2D eigenvalue weighted by molar-refractivity contribution is 0.170. The highest BCUT2D eigenvalue weighted by Gasteiger charge is 2.32. The Labute approximate surface area is 130 Å². The SMILES string of the molecule is CC1CN(C)CCN1S(=O)(=O)c1ccc(Cl)c(CCl)c1. The van der Waals surface area contributed by atoms with E-state index in [1.165, 1.54) is 0 Å². The molecule has 1 saturated heterocycles. The van der Waals surface area contributed by atoms with Crippen LogP contribution < -0.4 is 0 Å². The molecule has 20 heavy (non-hydrogen) atoms. The molecule has 0 N–H and O–H groups in total. The zero-order valence-electron chi connectivity index (χ0n) is 11.5. The Hall–Kier alpha value is -0.330. The van der Waals surface area contributed by atoms with E-state index in [9.17, 15) is 8.42 Å². The van der Waals surface area contributed by atoms with Gasteiger partial charge in [0, 0.05) is 36.6 Å². The lowest BCUT2D eigenvalue weighted by atomic mass is 10.2. The monoisotopic (exact) mass is 336 g/mol. The van der Waals surface area contributed by atoms with Crippen molar-refractivity contribution in [2.24, 2.45) is 0 Å². The van der Waals surface area contributed by atoms with Crippen LogP contribution in [-0.4, -0.2) is 50.3 Å². The van der Waals surface area contributed by atoms with Crippen LogP contribution in [0.15, 0.2) is 23.1 Å². The normalized spacial score (nSPS) is 22.1. The minimum Gasteiger partial charge on any atom is -0.303 e. The molecule has 0 radical (unpaired) electrons. The third kappa shape index (κ3) is 3.12. The summed E-state index contributed by atoms with van der Waals surface area (Å²) in [6.07, 6.45) is 0. The second-order valence-corrected chi connectivity index (χ2v) is 7.68. The van der Waals surface area contributed by atoms with Gasteiger partial charge in [-0.15, -0.1) is 11.6 Å². The average molecular weight is 337 g/mol. The number of nitrogens with zero attached hydrogens (tertiary/aromatic N) is 2. The van der Waals surface area contributed by atoms with E-state index in [2.05, 4.69) is 4.90 Å². The Kier molecular flexibility index (Phi) is 4.97. The van der Waals surface area contributed by atoms with Crippen LogP contribution in [0.25, 0.3) is 0 Å². The molecule has 1 unspecified atom stereocenters. The first-order valence-corrected chi connectivity index (χ1v) is 8.76. The Morgan fingerprint density at radius 1 is 1.35 bits per heavy atom. The smallest absolute Gasteiger partial charge is 0.243 e. The highest BCUT2D eigenvalue weighted by molar-refractivity contribution is 7.89. The second kappa shape index (κ2) is 6.20. The summed E-state index contributed by atoms with van der Waals surface area (Å²) in [6.45, 7) is 3.89. The number of piperazine rings is 1. The van der Waals surface area contributed by atoms with E-state index in [1.807, 2.05) is 14.0 Å². The van der Waals surface area contributed by atoms with Gasteiger partial charge in [-0.1, -0.05) is 11.6 Å². The Bertz CT molecular complexity index is 592. The van der Waals surface area contributed by atoms with E-state index < -0.39 is 10.0 Å². The molecule has 0 saturated carbocycles. The van der Waals surface area contributed by atoms with Crippen molar-refractivity contribution in [2.45, 2.75) is 23.7 Å². The van der Waals surface area contributed by atoms with Crippen LogP contribution in [0, 0.1) is 0 Å². The fraction of sp³-hybridized carbons (Fsp3) is 0.538. The molecule has 1 fully saturated rings. The number of benzene rings is 1. The van der Waals surface area contributed by atoms with E-state index in [0.29, 0.717) is 17.1 Å². The molecule has 4 nitrogen and oxygen atoms in total. The summed E-state index contributed by atoms with van der Waals surface area (Å²) in [6, 6.07) is 4.65. The number of halogens is 2. The Morgan fingerprint density at radius 3 is 2.65 bits per heavy atom. The van der Waals surface area contributed by atoms with Crippen LogP contribution in [0.4, 0.5) is 0 Å². The van der Waals surface area contributed by atoms with Crippen molar-refractivity contribution >= 4 is 33.2 Å². The molecule has 7 heteroatoms. The average Bonchev–Trinajstić information content (AvgIpc) is 2.38. The number of hydrogen-bond donors (Lipinski definition) is 0. The molecule has 1 heterocycles. The van der Waals surface area contributed by atoms with Crippen LogP contribution in [0.5, 0.6) is 0 Å². The van der Waals surface area contributed by atoms with Gasteiger partial charge in [0.1, 0.15) is 0 Å². The zero-order valence-corrected chi connectivity index (χ0v) is 13.8. The topological polar surface area (TPSA) is 40.6 Å². The lowest BCUT2D eigenvalue weighted by Gasteiger charge is -2.37. The first-order chi connectivity index (χ1) is 9.36. The Morgan fingerprint density at radius 2 is 2.05 bits per heavy atom. The minimum atomic E-state index is -3.49. The van der Waals surface area contributed by atoms with E-state index in [-0.39, 0.29) is 16.8 Å². The molecule has 1 aliphatic heterocycles. The quantitative estimate of drug-likeness (QED) is 0.796. The molecule has 2 rings (SSSR count). The maximum Gasteiger partial charge on any atom is 0.243 e. The molecule has 112 valence electrons. The van der Waals surface area contributed by atoms with Crippen molar-refractivity contribution in [2.75, 3.05) is 26.7 Å². The lowest BCUT2D eigenvalue weighted by Crippen LogP contribution is -2.52. The number of likely N-dealkylation sites (N-methyl/N-ethyl adjacent to an activating group) is 1. The fourth-order valence-electron chi connectivity index (χ4n) is 2.43. The van der Waals surface area contributed by atoms with Crippen LogP contribution in [0.3, 0.4) is 0 Å². The van der Waals surface area contributed by atoms with Gasteiger partial charge in [-0.2, -0.15) is 4.31 Å². The molecule has 0 amide bonds. The summed E-state index contributed by atoms with van der Waals surface area (Å²) < 4.78 is 27.0. The van der Waals surface area contributed by atoms with Gasteiger partial charge in [0.15, 0.2) is 0 Å². The van der Waals surface area contributed by atoms with E-state index in [4.69, 9.17) is 23.2 Å². The summed E-state index contributed by atoms with van der Waals surface area (Å²) in [5, 5.41) is 0.491. The van der Waals surface area contributed by atoms with Crippen molar-refractivity contribution in [3.05, 3.63) is 28.8 Å². The predicted molar refractivity (Wildman–Crippen MR) is 81.9 cm³/mol. The third-order valence-corrected chi connectivity index (χ3v) is 6.20. The summed E-state index contributed by atoms with van der Waals surface area (Å²) in [4.78, 5) is 2.39.